The van der Waals surface area contributed by atoms with Crippen molar-refractivity contribution in [3.05, 3.63) is 29.3 Å². The lowest BCUT2D eigenvalue weighted by molar-refractivity contribution is -0.138. The van der Waals surface area contributed by atoms with E-state index in [9.17, 15) is 9.59 Å². The van der Waals surface area contributed by atoms with Crippen molar-refractivity contribution in [1.29, 1.82) is 0 Å². The van der Waals surface area contributed by atoms with Gasteiger partial charge in [-0.15, -0.1) is 0 Å². The zero-order valence-corrected chi connectivity index (χ0v) is 10.9. The Morgan fingerprint density at radius 2 is 2.17 bits per heavy atom. The quantitative estimate of drug-likeness (QED) is 0.854. The number of benzene rings is 1. The molecule has 0 heterocycles. The second-order valence-electron chi connectivity index (χ2n) is 3.98. The first kappa shape index (κ1) is 14.5. The van der Waals surface area contributed by atoms with Crippen LogP contribution in [0.3, 0.4) is 0 Å². The number of nitrogens with one attached hydrogen (secondary N) is 1. The number of rotatable bonds is 5. The van der Waals surface area contributed by atoms with Gasteiger partial charge in [0, 0.05) is 10.7 Å². The molecule has 1 aromatic carbocycles. The Hall–Kier alpha value is -1.59. The van der Waals surface area contributed by atoms with Gasteiger partial charge in [-0.1, -0.05) is 17.7 Å². The van der Waals surface area contributed by atoms with E-state index in [2.05, 4.69) is 5.32 Å². The number of likely N-dealkylation sites (N-methyl/N-ethyl adjacent to an activating group) is 1. The van der Waals surface area contributed by atoms with E-state index in [1.54, 1.807) is 38.2 Å². The molecule has 18 heavy (non-hydrogen) atoms. The molecule has 1 amide bonds. The molecule has 1 unspecified atom stereocenters. The first-order chi connectivity index (χ1) is 8.40. The molecule has 5 nitrogen and oxygen atoms in total. The lowest BCUT2D eigenvalue weighted by Gasteiger charge is -2.21. The normalized spacial score (nSPS) is 12.2. The predicted molar refractivity (Wildman–Crippen MR) is 69.8 cm³/mol. The first-order valence-electron chi connectivity index (χ1n) is 5.38. The molecule has 6 heteroatoms. The lowest BCUT2D eigenvalue weighted by atomic mass is 10.2. The third kappa shape index (κ3) is 4.35. The number of carbonyl (C=O) groups excluding carboxylic acids is 1. The van der Waals surface area contributed by atoms with Gasteiger partial charge in [-0.05, 0) is 32.2 Å². The van der Waals surface area contributed by atoms with Gasteiger partial charge >= 0.3 is 5.97 Å². The maximum absolute atomic E-state index is 11.9. The van der Waals surface area contributed by atoms with Crippen molar-refractivity contribution in [2.75, 3.05) is 18.9 Å². The summed E-state index contributed by atoms with van der Waals surface area (Å²) in [5, 5.41) is 11.9. The van der Waals surface area contributed by atoms with E-state index in [0.29, 0.717) is 10.7 Å². The molecular formula is C12H15ClN2O3. The van der Waals surface area contributed by atoms with Crippen LogP contribution in [0, 0.1) is 0 Å². The van der Waals surface area contributed by atoms with Crippen LogP contribution in [0.4, 0.5) is 5.69 Å². The monoisotopic (exact) mass is 270 g/mol. The fourth-order valence-corrected chi connectivity index (χ4v) is 1.55. The highest BCUT2D eigenvalue weighted by atomic mass is 35.5. The number of anilines is 1. The average Bonchev–Trinajstić information content (AvgIpc) is 2.27. The predicted octanol–water partition coefficient (Wildman–Crippen LogP) is 1.68. The molecular weight excluding hydrogens is 256 g/mol. The number of hydrogen-bond donors (Lipinski definition) is 2. The van der Waals surface area contributed by atoms with Crippen molar-refractivity contribution in [2.45, 2.75) is 13.0 Å². The molecule has 0 fully saturated rings. The second-order valence-corrected chi connectivity index (χ2v) is 4.42. The first-order valence-corrected chi connectivity index (χ1v) is 5.76. The molecule has 0 saturated carbocycles. The number of amides is 1. The topological polar surface area (TPSA) is 69.6 Å². The van der Waals surface area contributed by atoms with E-state index in [0.717, 1.165) is 0 Å². The van der Waals surface area contributed by atoms with E-state index in [-0.39, 0.29) is 12.5 Å². The van der Waals surface area contributed by atoms with Crippen LogP contribution in [0.2, 0.25) is 5.02 Å². The SMILES string of the molecule is CC(C(=O)Nc1cccc(Cl)c1)N(C)CC(=O)O. The Morgan fingerprint density at radius 1 is 1.50 bits per heavy atom. The Kier molecular flexibility index (Phi) is 5.12. The van der Waals surface area contributed by atoms with E-state index in [4.69, 9.17) is 16.7 Å². The molecule has 0 aromatic heterocycles. The van der Waals surface area contributed by atoms with Gasteiger partial charge < -0.3 is 10.4 Å². The number of carboxylic acids is 1. The fraction of sp³-hybridized carbons (Fsp3) is 0.333. The highest BCUT2D eigenvalue weighted by Crippen LogP contribution is 2.15. The van der Waals surface area contributed by atoms with Gasteiger partial charge in [-0.3, -0.25) is 14.5 Å². The summed E-state index contributed by atoms with van der Waals surface area (Å²) in [6, 6.07) is 6.23. The smallest absolute Gasteiger partial charge is 0.317 e. The molecule has 0 aliphatic carbocycles. The zero-order valence-electron chi connectivity index (χ0n) is 10.2. The van der Waals surface area contributed by atoms with Gasteiger partial charge in [0.05, 0.1) is 12.6 Å². The molecule has 1 rings (SSSR count). The van der Waals surface area contributed by atoms with Crippen molar-refractivity contribution in [2.24, 2.45) is 0 Å². The second kappa shape index (κ2) is 6.37. The highest BCUT2D eigenvalue weighted by molar-refractivity contribution is 6.30. The van der Waals surface area contributed by atoms with E-state index < -0.39 is 12.0 Å². The Labute approximate surface area is 110 Å². The van der Waals surface area contributed by atoms with Crippen LogP contribution < -0.4 is 5.32 Å². The zero-order chi connectivity index (χ0) is 13.7. The summed E-state index contributed by atoms with van der Waals surface area (Å²) in [6.07, 6.45) is 0. The van der Waals surface area contributed by atoms with Crippen LogP contribution in [-0.2, 0) is 9.59 Å². The standard InChI is InChI=1S/C12H15ClN2O3/c1-8(15(2)7-11(16)17)12(18)14-10-5-3-4-9(13)6-10/h3-6,8H,7H2,1-2H3,(H,14,18)(H,16,17). The minimum atomic E-state index is -0.972. The van der Waals surface area contributed by atoms with Crippen LogP contribution in [0.15, 0.2) is 24.3 Å². The van der Waals surface area contributed by atoms with Crippen LogP contribution >= 0.6 is 11.6 Å². The molecule has 0 radical (unpaired) electrons. The molecule has 1 atom stereocenters. The molecule has 1 aromatic rings. The summed E-state index contributed by atoms with van der Waals surface area (Å²) < 4.78 is 0. The molecule has 0 bridgehead atoms. The summed E-state index contributed by atoms with van der Waals surface area (Å²) in [6.45, 7) is 1.45. The van der Waals surface area contributed by atoms with Crippen molar-refractivity contribution in [1.82, 2.24) is 4.90 Å². The van der Waals surface area contributed by atoms with Crippen molar-refractivity contribution in [3.8, 4) is 0 Å². The molecule has 0 aliphatic rings. The largest absolute Gasteiger partial charge is 0.480 e. The Morgan fingerprint density at radius 3 is 2.72 bits per heavy atom. The molecule has 0 saturated heterocycles. The van der Waals surface area contributed by atoms with Crippen LogP contribution in [0.1, 0.15) is 6.92 Å². The number of hydrogen-bond acceptors (Lipinski definition) is 3. The van der Waals surface area contributed by atoms with E-state index in [1.165, 1.54) is 4.90 Å². The molecule has 0 aliphatic heterocycles. The van der Waals surface area contributed by atoms with Gasteiger partial charge in [0.25, 0.3) is 0 Å². The Bertz CT molecular complexity index is 451. The summed E-state index contributed by atoms with van der Waals surface area (Å²) in [4.78, 5) is 23.9. The number of carbonyl (C=O) groups is 2. The third-order valence-electron chi connectivity index (χ3n) is 2.52. The van der Waals surface area contributed by atoms with Crippen molar-refractivity contribution >= 4 is 29.2 Å². The van der Waals surface area contributed by atoms with Gasteiger partial charge in [-0.25, -0.2) is 0 Å². The van der Waals surface area contributed by atoms with Crippen molar-refractivity contribution in [3.63, 3.8) is 0 Å². The van der Waals surface area contributed by atoms with Crippen LogP contribution in [0.25, 0.3) is 0 Å². The van der Waals surface area contributed by atoms with Gasteiger partial charge in [0.1, 0.15) is 0 Å². The van der Waals surface area contributed by atoms with Crippen molar-refractivity contribution < 1.29 is 14.7 Å². The number of aliphatic carboxylic acids is 1. The summed E-state index contributed by atoms with van der Waals surface area (Å²) in [5.74, 6) is -1.25. The lowest BCUT2D eigenvalue weighted by Crippen LogP contribution is -2.42. The number of carboxylic acid groups (broad SMARTS) is 1. The fourth-order valence-electron chi connectivity index (χ4n) is 1.36. The summed E-state index contributed by atoms with van der Waals surface area (Å²) in [5.41, 5.74) is 0.586. The third-order valence-corrected chi connectivity index (χ3v) is 2.75. The minimum Gasteiger partial charge on any atom is -0.480 e. The van der Waals surface area contributed by atoms with Crippen LogP contribution in [0.5, 0.6) is 0 Å². The van der Waals surface area contributed by atoms with E-state index >= 15 is 0 Å². The van der Waals surface area contributed by atoms with Gasteiger partial charge in [0.15, 0.2) is 0 Å². The van der Waals surface area contributed by atoms with Gasteiger partial charge in [-0.2, -0.15) is 0 Å². The van der Waals surface area contributed by atoms with Crippen LogP contribution in [-0.4, -0.2) is 41.5 Å². The number of halogens is 1. The van der Waals surface area contributed by atoms with E-state index in [1.807, 2.05) is 0 Å². The number of nitrogens with zero attached hydrogens (tertiary/aromatic N) is 1. The maximum Gasteiger partial charge on any atom is 0.317 e. The Balaban J connectivity index is 2.62. The highest BCUT2D eigenvalue weighted by Gasteiger charge is 2.19. The molecule has 98 valence electrons. The molecule has 2 N–H and O–H groups in total. The molecule has 0 spiro atoms. The summed E-state index contributed by atoms with van der Waals surface area (Å²) >= 11 is 5.80. The minimum absolute atomic E-state index is 0.190. The summed E-state index contributed by atoms with van der Waals surface area (Å²) in [7, 11) is 1.58. The average molecular weight is 271 g/mol. The maximum atomic E-state index is 11.9. The van der Waals surface area contributed by atoms with Gasteiger partial charge in [0.2, 0.25) is 5.91 Å².